The molecule has 10 atom stereocenters. The minimum atomic E-state index is -3.60. The summed E-state index contributed by atoms with van der Waals surface area (Å²) in [5.41, 5.74) is 0.426. The molecular weight excluding hydrogens is 422 g/mol. The molecule has 10 unspecified atom stereocenters. The molecule has 2 N–H and O–H groups in total. The number of nitrogens with zero attached hydrogens (tertiary/aromatic N) is 2. The van der Waals surface area contributed by atoms with E-state index in [1.807, 2.05) is 43.3 Å². The van der Waals surface area contributed by atoms with Gasteiger partial charge in [0.1, 0.15) is 5.72 Å². The van der Waals surface area contributed by atoms with E-state index in [1.165, 1.54) is 6.42 Å². The summed E-state index contributed by atoms with van der Waals surface area (Å²) in [7, 11) is 0.377. The average molecular weight is 452 g/mol. The van der Waals surface area contributed by atoms with E-state index in [1.54, 1.807) is 12.1 Å². The quantitative estimate of drug-likeness (QED) is 0.702. The van der Waals surface area contributed by atoms with E-state index in [-0.39, 0.29) is 0 Å². The van der Waals surface area contributed by atoms with Gasteiger partial charge in [-0.1, -0.05) is 18.2 Å². The third-order valence-corrected chi connectivity index (χ3v) is 11.9. The highest BCUT2D eigenvalue weighted by Crippen LogP contribution is 2.90. The second-order valence-electron chi connectivity index (χ2n) is 11.3. The van der Waals surface area contributed by atoms with Gasteiger partial charge in [0.05, 0.1) is 4.90 Å². The van der Waals surface area contributed by atoms with Gasteiger partial charge in [-0.2, -0.15) is 0 Å². The predicted molar refractivity (Wildman–Crippen MR) is 121 cm³/mol. The summed E-state index contributed by atoms with van der Waals surface area (Å²) >= 11 is 0. The molecule has 7 fully saturated rings. The summed E-state index contributed by atoms with van der Waals surface area (Å²) in [5.74, 6) is 5.54. The van der Waals surface area contributed by atoms with Gasteiger partial charge in [-0.15, -0.1) is 0 Å². The van der Waals surface area contributed by atoms with Gasteiger partial charge in [0.15, 0.2) is 0 Å². The molecule has 2 saturated heterocycles. The Morgan fingerprint density at radius 3 is 2.75 bits per heavy atom. The minimum Gasteiger partial charge on any atom is -0.377 e. The molecule has 5 aliphatic carbocycles. The van der Waals surface area contributed by atoms with Crippen molar-refractivity contribution < 1.29 is 13.5 Å². The minimum absolute atomic E-state index is 0.301. The average Bonchev–Trinajstić information content (AvgIpc) is 3.40. The van der Waals surface area contributed by atoms with Gasteiger partial charge in [-0.25, -0.2) is 13.1 Å². The van der Waals surface area contributed by atoms with Crippen LogP contribution in [-0.4, -0.2) is 57.4 Å². The number of hydrogen-bond acceptors (Lipinski definition) is 5. The van der Waals surface area contributed by atoms with Gasteiger partial charge < -0.3 is 10.0 Å². The van der Waals surface area contributed by atoms with Gasteiger partial charge in [-0.3, -0.25) is 4.90 Å². The number of aliphatic hydroxyl groups is 1. The molecule has 9 rings (SSSR count). The van der Waals surface area contributed by atoms with Crippen LogP contribution in [0.25, 0.3) is 10.8 Å². The second kappa shape index (κ2) is 5.52. The van der Waals surface area contributed by atoms with Crippen LogP contribution in [0.1, 0.15) is 6.42 Å². The zero-order chi connectivity index (χ0) is 21.7. The molecule has 0 spiro atoms. The molecular formula is C25H29N3O3S. The Balaban J connectivity index is 1.03. The van der Waals surface area contributed by atoms with Crippen molar-refractivity contribution >= 4 is 26.5 Å². The Bertz CT molecular complexity index is 1290. The lowest BCUT2D eigenvalue weighted by molar-refractivity contribution is -0.130. The zero-order valence-corrected chi connectivity index (χ0v) is 19.2. The van der Waals surface area contributed by atoms with E-state index in [0.29, 0.717) is 47.7 Å². The summed E-state index contributed by atoms with van der Waals surface area (Å²) < 4.78 is 29.0. The Morgan fingerprint density at radius 1 is 1.09 bits per heavy atom. The number of nitrogens with one attached hydrogen (secondary N) is 1. The number of rotatable bonds is 6. The van der Waals surface area contributed by atoms with Gasteiger partial charge in [0, 0.05) is 56.1 Å². The molecule has 6 nitrogen and oxygen atoms in total. The van der Waals surface area contributed by atoms with E-state index in [0.717, 1.165) is 40.1 Å². The highest BCUT2D eigenvalue weighted by molar-refractivity contribution is 7.89. The first-order chi connectivity index (χ1) is 15.3. The maximum absolute atomic E-state index is 13.1. The van der Waals surface area contributed by atoms with Crippen LogP contribution in [0.4, 0.5) is 5.69 Å². The van der Waals surface area contributed by atoms with Gasteiger partial charge >= 0.3 is 0 Å². The topological polar surface area (TPSA) is 72.9 Å². The zero-order valence-electron chi connectivity index (χ0n) is 18.3. The fourth-order valence-electron chi connectivity index (χ4n) is 10.0. The lowest BCUT2D eigenvalue weighted by Gasteiger charge is -2.45. The summed E-state index contributed by atoms with van der Waals surface area (Å²) in [4.78, 5) is 4.67. The number of hydrogen-bond donors (Lipinski definition) is 2. The molecule has 32 heavy (non-hydrogen) atoms. The SMILES string of the molecule is CN(C)c1cccc2cc(S(=O)(=O)NCCN3C4C5C6CC7C8C6C4C8C3(O)C75)ccc12. The molecule has 2 aromatic rings. The fourth-order valence-corrected chi connectivity index (χ4v) is 11.1. The maximum atomic E-state index is 13.1. The molecule has 168 valence electrons. The highest BCUT2D eigenvalue weighted by atomic mass is 32.2. The largest absolute Gasteiger partial charge is 0.377 e. The van der Waals surface area contributed by atoms with Crippen LogP contribution in [0.5, 0.6) is 0 Å². The summed E-state index contributed by atoms with van der Waals surface area (Å²) in [6, 6.07) is 11.8. The van der Waals surface area contributed by atoms with Crippen LogP contribution in [0.15, 0.2) is 41.3 Å². The maximum Gasteiger partial charge on any atom is 0.240 e. The van der Waals surface area contributed by atoms with Crippen molar-refractivity contribution in [3.8, 4) is 0 Å². The van der Waals surface area contributed by atoms with Gasteiger partial charge in [0.25, 0.3) is 0 Å². The van der Waals surface area contributed by atoms with Crippen LogP contribution in [0.3, 0.4) is 0 Å². The van der Waals surface area contributed by atoms with E-state index in [4.69, 9.17) is 0 Å². The smallest absolute Gasteiger partial charge is 0.240 e. The molecule has 2 aliphatic heterocycles. The molecule has 0 radical (unpaired) electrons. The Labute approximate surface area is 188 Å². The molecule has 2 heterocycles. The molecule has 0 aromatic heterocycles. The van der Waals surface area contributed by atoms with Crippen LogP contribution >= 0.6 is 0 Å². The summed E-state index contributed by atoms with van der Waals surface area (Å²) in [6.07, 6.45) is 1.36. The Kier molecular flexibility index (Phi) is 3.23. The first-order valence-electron chi connectivity index (χ1n) is 12.0. The predicted octanol–water partition coefficient (Wildman–Crippen LogP) is 1.94. The number of sulfonamides is 1. The second-order valence-corrected chi connectivity index (χ2v) is 13.1. The molecule has 4 bridgehead atoms. The monoisotopic (exact) mass is 451 g/mol. The molecule has 5 saturated carbocycles. The summed E-state index contributed by atoms with van der Waals surface area (Å²) in [6.45, 7) is 0.956. The van der Waals surface area contributed by atoms with E-state index >= 15 is 0 Å². The lowest BCUT2D eigenvalue weighted by atomic mass is 9.59. The van der Waals surface area contributed by atoms with Gasteiger partial charge in [-0.05, 0) is 65.5 Å². The van der Waals surface area contributed by atoms with Crippen LogP contribution < -0.4 is 9.62 Å². The van der Waals surface area contributed by atoms with E-state index in [9.17, 15) is 13.5 Å². The van der Waals surface area contributed by atoms with Crippen molar-refractivity contribution in [2.75, 3.05) is 32.1 Å². The number of benzene rings is 2. The van der Waals surface area contributed by atoms with Crippen molar-refractivity contribution in [3.05, 3.63) is 36.4 Å². The Morgan fingerprint density at radius 2 is 1.94 bits per heavy atom. The highest BCUT2D eigenvalue weighted by Gasteiger charge is 2.93. The van der Waals surface area contributed by atoms with E-state index < -0.39 is 15.7 Å². The van der Waals surface area contributed by atoms with Crippen molar-refractivity contribution in [3.63, 3.8) is 0 Å². The molecule has 2 aromatic carbocycles. The van der Waals surface area contributed by atoms with Crippen molar-refractivity contribution in [1.29, 1.82) is 0 Å². The first kappa shape index (κ1) is 18.7. The fraction of sp³-hybridized carbons (Fsp3) is 0.600. The van der Waals surface area contributed by atoms with Crippen LogP contribution in [-0.2, 0) is 10.0 Å². The number of anilines is 1. The lowest BCUT2D eigenvalue weighted by Crippen LogP contribution is -2.52. The van der Waals surface area contributed by atoms with E-state index in [2.05, 4.69) is 9.62 Å². The Hall–Kier alpha value is -1.67. The van der Waals surface area contributed by atoms with Crippen LogP contribution in [0, 0.1) is 47.3 Å². The third-order valence-electron chi connectivity index (χ3n) is 10.5. The van der Waals surface area contributed by atoms with Crippen LogP contribution in [0.2, 0.25) is 0 Å². The summed E-state index contributed by atoms with van der Waals surface area (Å²) in [5, 5.41) is 13.7. The first-order valence-corrected chi connectivity index (χ1v) is 13.5. The van der Waals surface area contributed by atoms with Crippen molar-refractivity contribution in [2.45, 2.75) is 23.1 Å². The van der Waals surface area contributed by atoms with Crippen molar-refractivity contribution in [1.82, 2.24) is 9.62 Å². The van der Waals surface area contributed by atoms with Crippen molar-refractivity contribution in [2.24, 2.45) is 47.3 Å². The standard InChI is InChI=1S/C25H29N3O3S/c1-27(2)17-5-3-4-12-10-13(6-7-14(12)17)32(30,31)26-8-9-28-24-20-15-11-16-19-18(15)21(24)23(19)25(28,29)22(16)20/h3-7,10,15-16,18-24,26,29H,8-9,11H2,1-2H3. The molecule has 0 amide bonds. The third kappa shape index (κ3) is 1.80. The number of fused-ring (bicyclic) bond motifs is 1. The van der Waals surface area contributed by atoms with Gasteiger partial charge in [0.2, 0.25) is 10.0 Å². The molecule has 7 heteroatoms. The molecule has 7 aliphatic rings. The normalized spacial score (nSPS) is 46.2.